The third kappa shape index (κ3) is 5.07. The van der Waals surface area contributed by atoms with Crippen LogP contribution in [0.3, 0.4) is 0 Å². The van der Waals surface area contributed by atoms with Crippen molar-refractivity contribution in [3.8, 4) is 12.3 Å². The summed E-state index contributed by atoms with van der Waals surface area (Å²) in [6.07, 6.45) is 5.79. The van der Waals surface area contributed by atoms with E-state index in [-0.39, 0.29) is 31.1 Å². The van der Waals surface area contributed by atoms with E-state index in [1.165, 1.54) is 16.9 Å². The molecule has 0 atom stereocenters. The quantitative estimate of drug-likeness (QED) is 0.565. The fourth-order valence-electron chi connectivity index (χ4n) is 2.34. The average molecular weight is 339 g/mol. The molecule has 0 saturated carbocycles. The van der Waals surface area contributed by atoms with E-state index in [0.717, 1.165) is 10.4 Å². The maximum atomic E-state index is 12.4. The predicted octanol–water partition coefficient (Wildman–Crippen LogP) is 3.99. The van der Waals surface area contributed by atoms with Crippen molar-refractivity contribution in [3.05, 3.63) is 57.3 Å². The van der Waals surface area contributed by atoms with E-state index >= 15 is 0 Å². The van der Waals surface area contributed by atoms with Crippen molar-refractivity contribution in [3.63, 3.8) is 0 Å². The zero-order valence-corrected chi connectivity index (χ0v) is 14.9. The van der Waals surface area contributed by atoms with Crippen LogP contribution >= 0.6 is 11.3 Å². The SMILES string of the molecule is C#CCN(Cc1ccc(C)cc1)C(=O)CCC(=O)c1ccc(C)s1. The molecule has 0 N–H and O–H groups in total. The minimum absolute atomic E-state index is 0.0115. The summed E-state index contributed by atoms with van der Waals surface area (Å²) in [4.78, 5) is 28.0. The molecule has 0 aliphatic rings. The number of carbonyl (C=O) groups excluding carboxylic acids is 2. The van der Waals surface area contributed by atoms with Crippen LogP contribution in [0.5, 0.6) is 0 Å². The maximum absolute atomic E-state index is 12.4. The van der Waals surface area contributed by atoms with E-state index < -0.39 is 0 Å². The van der Waals surface area contributed by atoms with Crippen LogP contribution in [0.25, 0.3) is 0 Å². The van der Waals surface area contributed by atoms with E-state index in [1.54, 1.807) is 4.90 Å². The molecule has 0 radical (unpaired) electrons. The highest BCUT2D eigenvalue weighted by atomic mass is 32.1. The smallest absolute Gasteiger partial charge is 0.224 e. The van der Waals surface area contributed by atoms with Gasteiger partial charge in [-0.2, -0.15) is 0 Å². The van der Waals surface area contributed by atoms with Gasteiger partial charge < -0.3 is 4.90 Å². The topological polar surface area (TPSA) is 37.4 Å². The van der Waals surface area contributed by atoms with Crippen LogP contribution in [0.2, 0.25) is 0 Å². The molecule has 0 fully saturated rings. The first-order chi connectivity index (χ1) is 11.5. The number of rotatable bonds is 7. The molecule has 2 aromatic rings. The first-order valence-electron chi connectivity index (χ1n) is 7.86. The molecule has 0 unspecified atom stereocenters. The lowest BCUT2D eigenvalue weighted by Crippen LogP contribution is -2.31. The van der Waals surface area contributed by atoms with Gasteiger partial charge in [0, 0.05) is 24.3 Å². The summed E-state index contributed by atoms with van der Waals surface area (Å²) in [5.41, 5.74) is 2.20. The standard InChI is InChI=1S/C20H21NO2S/c1-4-13-21(14-17-8-5-15(2)6-9-17)20(23)12-10-18(22)19-11-7-16(3)24-19/h1,5-9,11H,10,12-14H2,2-3H3. The number of nitrogens with zero attached hydrogens (tertiary/aromatic N) is 1. The number of amides is 1. The molecule has 0 aliphatic carbocycles. The Labute approximate surface area is 147 Å². The second-order valence-electron chi connectivity index (χ2n) is 5.77. The van der Waals surface area contributed by atoms with Crippen LogP contribution in [0.1, 0.15) is 38.5 Å². The molecule has 4 heteroatoms. The van der Waals surface area contributed by atoms with E-state index in [1.807, 2.05) is 50.2 Å². The molecule has 0 aliphatic heterocycles. The van der Waals surface area contributed by atoms with Crippen LogP contribution in [-0.2, 0) is 11.3 Å². The number of aryl methyl sites for hydroxylation is 2. The number of benzene rings is 1. The summed E-state index contributed by atoms with van der Waals surface area (Å²) in [7, 11) is 0. The molecule has 0 bridgehead atoms. The van der Waals surface area contributed by atoms with Gasteiger partial charge in [0.05, 0.1) is 11.4 Å². The summed E-state index contributed by atoms with van der Waals surface area (Å²) in [5.74, 6) is 2.45. The van der Waals surface area contributed by atoms with Gasteiger partial charge in [-0.25, -0.2) is 0 Å². The molecule has 1 aromatic carbocycles. The Morgan fingerprint density at radius 1 is 1.08 bits per heavy atom. The Morgan fingerprint density at radius 3 is 2.38 bits per heavy atom. The second kappa shape index (κ2) is 8.47. The van der Waals surface area contributed by atoms with Crippen molar-refractivity contribution in [2.75, 3.05) is 6.54 Å². The minimum atomic E-state index is -0.0878. The molecule has 24 heavy (non-hydrogen) atoms. The van der Waals surface area contributed by atoms with Crippen molar-refractivity contribution in [2.24, 2.45) is 0 Å². The summed E-state index contributed by atoms with van der Waals surface area (Å²) in [6, 6.07) is 11.7. The van der Waals surface area contributed by atoms with Crippen molar-refractivity contribution in [1.82, 2.24) is 4.90 Å². The Morgan fingerprint density at radius 2 is 1.79 bits per heavy atom. The highest BCUT2D eigenvalue weighted by molar-refractivity contribution is 7.14. The first-order valence-corrected chi connectivity index (χ1v) is 8.67. The van der Waals surface area contributed by atoms with E-state index in [4.69, 9.17) is 6.42 Å². The summed E-state index contributed by atoms with van der Waals surface area (Å²) in [5, 5.41) is 0. The molecule has 0 saturated heterocycles. The third-order valence-corrected chi connectivity index (χ3v) is 4.75. The van der Waals surface area contributed by atoms with E-state index in [9.17, 15) is 9.59 Å². The molecule has 1 aromatic heterocycles. The predicted molar refractivity (Wildman–Crippen MR) is 98.0 cm³/mol. The van der Waals surface area contributed by atoms with Gasteiger partial charge in [0.15, 0.2) is 5.78 Å². The Kier molecular flexibility index (Phi) is 6.34. The zero-order chi connectivity index (χ0) is 17.5. The number of ketones is 1. The Bertz CT molecular complexity index is 753. The van der Waals surface area contributed by atoms with Crippen LogP contribution in [-0.4, -0.2) is 23.1 Å². The highest BCUT2D eigenvalue weighted by Gasteiger charge is 2.16. The lowest BCUT2D eigenvalue weighted by atomic mass is 10.1. The molecule has 2 rings (SSSR count). The Balaban J connectivity index is 1.94. The number of terminal acetylenes is 1. The molecular weight excluding hydrogens is 318 g/mol. The van der Waals surface area contributed by atoms with Gasteiger partial charge in [-0.1, -0.05) is 35.7 Å². The fourth-order valence-corrected chi connectivity index (χ4v) is 3.18. The monoisotopic (exact) mass is 339 g/mol. The highest BCUT2D eigenvalue weighted by Crippen LogP contribution is 2.18. The fraction of sp³-hybridized carbons (Fsp3) is 0.300. The maximum Gasteiger partial charge on any atom is 0.224 e. The summed E-state index contributed by atoms with van der Waals surface area (Å²) in [6.45, 7) is 4.70. The summed E-state index contributed by atoms with van der Waals surface area (Å²) >= 11 is 1.46. The van der Waals surface area contributed by atoms with Crippen molar-refractivity contribution in [1.29, 1.82) is 0 Å². The largest absolute Gasteiger partial charge is 0.327 e. The van der Waals surface area contributed by atoms with Crippen LogP contribution < -0.4 is 0 Å². The first kappa shape index (κ1) is 18.0. The van der Waals surface area contributed by atoms with Crippen molar-refractivity contribution < 1.29 is 9.59 Å². The van der Waals surface area contributed by atoms with Gasteiger partial charge in [-0.05, 0) is 31.5 Å². The number of carbonyl (C=O) groups is 2. The molecule has 3 nitrogen and oxygen atoms in total. The molecule has 124 valence electrons. The average Bonchev–Trinajstić information content (AvgIpc) is 3.00. The van der Waals surface area contributed by atoms with Gasteiger partial charge in [0.1, 0.15) is 0 Å². The molecule has 1 amide bonds. The van der Waals surface area contributed by atoms with Gasteiger partial charge in [0.25, 0.3) is 0 Å². The zero-order valence-electron chi connectivity index (χ0n) is 14.0. The second-order valence-corrected chi connectivity index (χ2v) is 7.06. The van der Waals surface area contributed by atoms with Crippen molar-refractivity contribution in [2.45, 2.75) is 33.2 Å². The molecule has 1 heterocycles. The van der Waals surface area contributed by atoms with Crippen LogP contribution in [0.4, 0.5) is 0 Å². The van der Waals surface area contributed by atoms with Crippen LogP contribution in [0.15, 0.2) is 36.4 Å². The van der Waals surface area contributed by atoms with Crippen molar-refractivity contribution >= 4 is 23.0 Å². The number of thiophene rings is 1. The number of hydrogen-bond donors (Lipinski definition) is 0. The number of hydrogen-bond acceptors (Lipinski definition) is 3. The lowest BCUT2D eigenvalue weighted by Gasteiger charge is -2.20. The summed E-state index contributed by atoms with van der Waals surface area (Å²) < 4.78 is 0. The normalized spacial score (nSPS) is 10.2. The van der Waals surface area contributed by atoms with Gasteiger partial charge in [0.2, 0.25) is 5.91 Å². The van der Waals surface area contributed by atoms with Gasteiger partial charge >= 0.3 is 0 Å². The Hall–Kier alpha value is -2.38. The van der Waals surface area contributed by atoms with E-state index in [0.29, 0.717) is 11.4 Å². The van der Waals surface area contributed by atoms with Gasteiger partial charge in [-0.3, -0.25) is 9.59 Å². The molecular formula is C20H21NO2S. The van der Waals surface area contributed by atoms with Crippen LogP contribution in [0, 0.1) is 26.2 Å². The lowest BCUT2D eigenvalue weighted by molar-refractivity contribution is -0.131. The van der Waals surface area contributed by atoms with Gasteiger partial charge in [-0.15, -0.1) is 17.8 Å². The minimum Gasteiger partial charge on any atom is -0.327 e. The molecule has 0 spiro atoms. The number of Topliss-reactive ketones (excluding diaryl/α,β-unsaturated/α-hetero) is 1. The third-order valence-electron chi connectivity index (χ3n) is 3.71. The van der Waals surface area contributed by atoms with E-state index in [2.05, 4.69) is 5.92 Å².